The number of carbonyl (C=O) groups is 6. The molecule has 0 aromatic heterocycles. The van der Waals surface area contributed by atoms with Gasteiger partial charge in [0.25, 0.3) is 0 Å². The summed E-state index contributed by atoms with van der Waals surface area (Å²) in [4.78, 5) is 75.5. The Bertz CT molecular complexity index is 1290. The standard InChI is InChI=1S/C54H108N10O6/c55-40-28-19-13-7-1-4-10-17-23-38-50(66)63-47(35-26-30-42-57)53(69)61-45-33-21-15-9-3-6-12-18-24-39-51(67)64-48(36-27-31-43-58)54(70)60-44-32-20-14-8-2-5-11-16-22-37-49(65)62-46(52(59)68)34-25-29-41-56/h46-48H,1-45,55-58H2,(H2,59,68)(H,60,70)(H,61,69)(H,62,65)(H,63,66)(H,64,67)/p+3. The number of nitrogens with two attached hydrogens (primary N) is 2. The predicted molar refractivity (Wildman–Crippen MR) is 283 cm³/mol. The fraction of sp³-hybridized carbons (Fsp3) is 0.889. The van der Waals surface area contributed by atoms with Crippen molar-refractivity contribution in [3.05, 3.63) is 0 Å². The Balaban J connectivity index is 4.11. The smallest absolute Gasteiger partial charge is 0.242 e. The molecular formula is C54H111N10O6+3. The van der Waals surface area contributed by atoms with Gasteiger partial charge in [-0.15, -0.1) is 0 Å². The van der Waals surface area contributed by atoms with Gasteiger partial charge in [-0.25, -0.2) is 0 Å². The Kier molecular flexibility index (Phi) is 48.2. The molecule has 6 amide bonds. The van der Waals surface area contributed by atoms with Gasteiger partial charge in [0, 0.05) is 32.4 Å². The van der Waals surface area contributed by atoms with Gasteiger partial charge in [-0.05, 0) is 103 Å². The van der Waals surface area contributed by atoms with E-state index >= 15 is 0 Å². The van der Waals surface area contributed by atoms with Crippen LogP contribution in [0.1, 0.15) is 250 Å². The second kappa shape index (κ2) is 50.6. The average Bonchev–Trinajstić information content (AvgIpc) is 3.34. The van der Waals surface area contributed by atoms with Crippen LogP contribution in [-0.4, -0.2) is 92.8 Å². The number of hydrogen-bond donors (Lipinski definition) is 10. The molecule has 0 saturated carbocycles. The first-order valence-corrected chi connectivity index (χ1v) is 28.9. The fourth-order valence-corrected chi connectivity index (χ4v) is 8.83. The fourth-order valence-electron chi connectivity index (χ4n) is 8.83. The van der Waals surface area contributed by atoms with Crippen molar-refractivity contribution < 1.29 is 46.0 Å². The molecule has 16 nitrogen and oxygen atoms in total. The van der Waals surface area contributed by atoms with Crippen LogP contribution in [0.15, 0.2) is 0 Å². The molecule has 0 aromatic carbocycles. The normalized spacial score (nSPS) is 12.5. The number of primary amides is 1. The number of hydrogen-bond acceptors (Lipinski definition) is 7. The molecule has 0 aliphatic carbocycles. The topological polar surface area (TPSA) is 298 Å². The Hall–Kier alpha value is -3.34. The van der Waals surface area contributed by atoms with Gasteiger partial charge in [-0.1, -0.05) is 135 Å². The SMILES string of the molecule is NCCCCCCCCCCCC(=O)NC(CCCC[NH3+])C(=O)NCCCCCCCCCCCC(=O)NC(CCCC[NH3+])C(=O)NCCCCCCCCCCCC(=O)NC(CCCC[NH3+])C(N)=O. The van der Waals surface area contributed by atoms with Gasteiger partial charge >= 0.3 is 0 Å². The van der Waals surface area contributed by atoms with Gasteiger partial charge in [-0.2, -0.15) is 0 Å². The molecule has 0 saturated heterocycles. The van der Waals surface area contributed by atoms with Gasteiger partial charge < -0.3 is 55.3 Å². The highest BCUT2D eigenvalue weighted by Gasteiger charge is 2.22. The molecule has 0 bridgehead atoms. The second-order valence-electron chi connectivity index (χ2n) is 20.0. The van der Waals surface area contributed by atoms with Crippen LogP contribution in [0.5, 0.6) is 0 Å². The zero-order valence-electron chi connectivity index (χ0n) is 44.8. The molecule has 0 heterocycles. The maximum Gasteiger partial charge on any atom is 0.242 e. The average molecular weight is 997 g/mol. The van der Waals surface area contributed by atoms with E-state index < -0.39 is 24.0 Å². The molecule has 3 unspecified atom stereocenters. The quantitative estimate of drug-likeness (QED) is 0.0369. The summed E-state index contributed by atoms with van der Waals surface area (Å²) >= 11 is 0. The number of carbonyl (C=O) groups excluding carboxylic acids is 6. The first kappa shape index (κ1) is 66.7. The van der Waals surface area contributed by atoms with Crippen molar-refractivity contribution in [1.29, 1.82) is 0 Å². The maximum atomic E-state index is 13.1. The minimum atomic E-state index is -0.588. The lowest BCUT2D eigenvalue weighted by molar-refractivity contribution is -0.368. The molecule has 16 heteroatoms. The summed E-state index contributed by atoms with van der Waals surface area (Å²) in [6.45, 7) is 4.47. The van der Waals surface area contributed by atoms with Crippen LogP contribution in [0.25, 0.3) is 0 Å². The largest absolute Gasteiger partial charge is 0.368 e. The Morgan fingerprint density at radius 3 is 0.871 bits per heavy atom. The summed E-state index contributed by atoms with van der Waals surface area (Å²) in [7, 11) is 0. The third-order valence-electron chi connectivity index (χ3n) is 13.3. The van der Waals surface area contributed by atoms with Crippen LogP contribution in [-0.2, 0) is 28.8 Å². The monoisotopic (exact) mass is 996 g/mol. The zero-order valence-corrected chi connectivity index (χ0v) is 44.8. The highest BCUT2D eigenvalue weighted by molar-refractivity contribution is 5.88. The van der Waals surface area contributed by atoms with Gasteiger partial charge in [0.15, 0.2) is 0 Å². The summed E-state index contributed by atoms with van der Waals surface area (Å²) in [6, 6.07) is -1.56. The van der Waals surface area contributed by atoms with Gasteiger partial charge in [0.1, 0.15) is 18.1 Å². The molecule has 0 fully saturated rings. The maximum absolute atomic E-state index is 13.1. The van der Waals surface area contributed by atoms with Crippen LogP contribution >= 0.6 is 0 Å². The van der Waals surface area contributed by atoms with Crippen molar-refractivity contribution in [3.63, 3.8) is 0 Å². The van der Waals surface area contributed by atoms with E-state index in [9.17, 15) is 28.8 Å². The molecule has 410 valence electrons. The minimum absolute atomic E-state index is 0.0212. The number of amides is 6. The zero-order chi connectivity index (χ0) is 51.6. The minimum Gasteiger partial charge on any atom is -0.368 e. The van der Waals surface area contributed by atoms with Crippen LogP contribution in [0.2, 0.25) is 0 Å². The second-order valence-corrected chi connectivity index (χ2v) is 20.0. The Morgan fingerprint density at radius 1 is 0.329 bits per heavy atom. The number of rotatable bonds is 53. The Labute approximate surface area is 425 Å². The van der Waals surface area contributed by atoms with Crippen molar-refractivity contribution in [3.8, 4) is 0 Å². The molecule has 3 atom stereocenters. The van der Waals surface area contributed by atoms with Crippen molar-refractivity contribution in [2.24, 2.45) is 11.5 Å². The molecule has 18 N–H and O–H groups in total. The molecular weight excluding hydrogens is 885 g/mol. The van der Waals surface area contributed by atoms with Gasteiger partial charge in [-0.3, -0.25) is 28.8 Å². The first-order valence-electron chi connectivity index (χ1n) is 28.9. The number of nitrogens with one attached hydrogen (secondary N) is 5. The first-order chi connectivity index (χ1) is 34.1. The molecule has 0 aromatic rings. The lowest BCUT2D eigenvalue weighted by atomic mass is 10.0. The van der Waals surface area contributed by atoms with E-state index in [-0.39, 0.29) is 29.5 Å². The molecule has 0 radical (unpaired) electrons. The lowest BCUT2D eigenvalue weighted by Gasteiger charge is -2.18. The molecule has 0 spiro atoms. The predicted octanol–water partition coefficient (Wildman–Crippen LogP) is 5.06. The van der Waals surface area contributed by atoms with Gasteiger partial charge in [0.2, 0.25) is 35.4 Å². The Morgan fingerprint density at radius 2 is 0.586 bits per heavy atom. The highest BCUT2D eigenvalue weighted by Crippen LogP contribution is 2.14. The summed E-state index contributed by atoms with van der Waals surface area (Å²) in [5.41, 5.74) is 22.7. The summed E-state index contributed by atoms with van der Waals surface area (Å²) in [6.07, 6.45) is 37.8. The number of unbranched alkanes of at least 4 members (excludes halogenated alkanes) is 27. The van der Waals surface area contributed by atoms with E-state index in [1.807, 2.05) is 0 Å². The van der Waals surface area contributed by atoms with Crippen LogP contribution in [0.3, 0.4) is 0 Å². The van der Waals surface area contributed by atoms with Crippen LogP contribution < -0.4 is 55.3 Å². The van der Waals surface area contributed by atoms with E-state index in [0.717, 1.165) is 206 Å². The third kappa shape index (κ3) is 43.4. The van der Waals surface area contributed by atoms with Crippen molar-refractivity contribution in [2.75, 3.05) is 39.3 Å². The van der Waals surface area contributed by atoms with Gasteiger partial charge in [0.05, 0.1) is 19.6 Å². The van der Waals surface area contributed by atoms with Crippen molar-refractivity contribution >= 4 is 35.4 Å². The third-order valence-corrected chi connectivity index (χ3v) is 13.3. The highest BCUT2D eigenvalue weighted by atomic mass is 16.2. The van der Waals surface area contributed by atoms with E-state index in [1.54, 1.807) is 0 Å². The van der Waals surface area contributed by atoms with E-state index in [4.69, 9.17) is 11.5 Å². The lowest BCUT2D eigenvalue weighted by Crippen LogP contribution is -2.50. The van der Waals surface area contributed by atoms with E-state index in [1.165, 1.54) is 32.1 Å². The van der Waals surface area contributed by atoms with Crippen molar-refractivity contribution in [1.82, 2.24) is 26.6 Å². The van der Waals surface area contributed by atoms with E-state index in [0.29, 0.717) is 51.6 Å². The summed E-state index contributed by atoms with van der Waals surface area (Å²) < 4.78 is 0. The van der Waals surface area contributed by atoms with Crippen LogP contribution in [0.4, 0.5) is 0 Å². The van der Waals surface area contributed by atoms with Crippen LogP contribution in [0, 0.1) is 0 Å². The van der Waals surface area contributed by atoms with E-state index in [2.05, 4.69) is 43.8 Å². The summed E-state index contributed by atoms with van der Waals surface area (Å²) in [5, 5.41) is 15.0. The molecule has 0 rings (SSSR count). The van der Waals surface area contributed by atoms with Crippen molar-refractivity contribution in [2.45, 2.75) is 269 Å². The molecule has 70 heavy (non-hydrogen) atoms. The molecule has 0 aliphatic rings. The molecule has 0 aliphatic heterocycles. The summed E-state index contributed by atoms with van der Waals surface area (Å²) in [5.74, 6) is -0.807. The number of quaternary nitrogens is 3.